The Kier molecular flexibility index (Phi) is 2.82. The number of carbonyl (C=O) groups excluding carboxylic acids is 1. The van der Waals surface area contributed by atoms with Crippen molar-refractivity contribution in [2.24, 2.45) is 0 Å². The van der Waals surface area contributed by atoms with Crippen LogP contribution in [0, 0.1) is 0 Å². The maximum absolute atomic E-state index is 11.6. The van der Waals surface area contributed by atoms with Crippen LogP contribution in [-0.4, -0.2) is 17.4 Å². The Balaban J connectivity index is 2.29. The molecule has 0 radical (unpaired) electrons. The highest BCUT2D eigenvalue weighted by atomic mass is 79.9. The highest BCUT2D eigenvalue weighted by Gasteiger charge is 2.21. The third-order valence-electron chi connectivity index (χ3n) is 2.35. The average molecular weight is 255 g/mol. The normalized spacial score (nSPS) is 17.2. The predicted molar refractivity (Wildman–Crippen MR) is 58.1 cm³/mol. The number of piperidine rings is 1. The zero-order chi connectivity index (χ0) is 9.97. The SMILES string of the molecule is O=C1CCCCN1c1cccnc1Br. The smallest absolute Gasteiger partial charge is 0.227 e. The van der Waals surface area contributed by atoms with Gasteiger partial charge in [0, 0.05) is 19.2 Å². The quantitative estimate of drug-likeness (QED) is 0.722. The van der Waals surface area contributed by atoms with Crippen molar-refractivity contribution in [3.8, 4) is 0 Å². The number of hydrogen-bond acceptors (Lipinski definition) is 2. The van der Waals surface area contributed by atoms with Crippen LogP contribution in [0.2, 0.25) is 0 Å². The Hall–Kier alpha value is -0.900. The molecule has 1 aromatic rings. The molecule has 1 amide bonds. The summed E-state index contributed by atoms with van der Waals surface area (Å²) in [5.74, 6) is 0.199. The van der Waals surface area contributed by atoms with Crippen LogP contribution in [0.4, 0.5) is 5.69 Å². The first kappa shape index (κ1) is 9.65. The first-order chi connectivity index (χ1) is 6.79. The van der Waals surface area contributed by atoms with E-state index in [9.17, 15) is 4.79 Å². The number of nitrogens with zero attached hydrogens (tertiary/aromatic N) is 2. The molecule has 74 valence electrons. The van der Waals surface area contributed by atoms with Gasteiger partial charge in [-0.25, -0.2) is 4.98 Å². The second-order valence-corrected chi connectivity index (χ2v) is 4.07. The van der Waals surface area contributed by atoms with Gasteiger partial charge in [-0.1, -0.05) is 0 Å². The van der Waals surface area contributed by atoms with E-state index < -0.39 is 0 Å². The average Bonchev–Trinajstić information content (AvgIpc) is 2.20. The van der Waals surface area contributed by atoms with Gasteiger partial charge in [-0.05, 0) is 40.9 Å². The van der Waals surface area contributed by atoms with Gasteiger partial charge in [-0.3, -0.25) is 4.79 Å². The van der Waals surface area contributed by atoms with Gasteiger partial charge in [-0.15, -0.1) is 0 Å². The molecule has 1 saturated heterocycles. The second-order valence-electron chi connectivity index (χ2n) is 3.32. The van der Waals surface area contributed by atoms with E-state index in [1.54, 1.807) is 11.1 Å². The molecule has 4 heteroatoms. The second kappa shape index (κ2) is 4.09. The fourth-order valence-corrected chi connectivity index (χ4v) is 2.10. The van der Waals surface area contributed by atoms with Crippen molar-refractivity contribution in [1.82, 2.24) is 4.98 Å². The van der Waals surface area contributed by atoms with Gasteiger partial charge in [0.25, 0.3) is 0 Å². The van der Waals surface area contributed by atoms with Crippen LogP contribution in [0.15, 0.2) is 22.9 Å². The van der Waals surface area contributed by atoms with Crippen molar-refractivity contribution in [3.05, 3.63) is 22.9 Å². The van der Waals surface area contributed by atoms with Crippen molar-refractivity contribution in [1.29, 1.82) is 0 Å². The van der Waals surface area contributed by atoms with Crippen LogP contribution in [0.3, 0.4) is 0 Å². The van der Waals surface area contributed by atoms with Crippen molar-refractivity contribution >= 4 is 27.5 Å². The highest BCUT2D eigenvalue weighted by molar-refractivity contribution is 9.10. The standard InChI is InChI=1S/C10H11BrN2O/c11-10-8(4-3-6-12-10)13-7-2-1-5-9(13)14/h3-4,6H,1-2,5,7H2. The molecule has 0 N–H and O–H groups in total. The van der Waals surface area contributed by atoms with E-state index in [2.05, 4.69) is 20.9 Å². The minimum atomic E-state index is 0.199. The fraction of sp³-hybridized carbons (Fsp3) is 0.400. The first-order valence-electron chi connectivity index (χ1n) is 4.70. The molecule has 2 rings (SSSR count). The molecular weight excluding hydrogens is 244 g/mol. The molecule has 0 aliphatic carbocycles. The van der Waals surface area contributed by atoms with E-state index in [1.165, 1.54) is 0 Å². The first-order valence-corrected chi connectivity index (χ1v) is 5.49. The van der Waals surface area contributed by atoms with Gasteiger partial charge in [0.2, 0.25) is 5.91 Å². The molecule has 1 aliphatic rings. The minimum Gasteiger partial charge on any atom is -0.310 e. The number of amides is 1. The van der Waals surface area contributed by atoms with Gasteiger partial charge in [0.1, 0.15) is 4.60 Å². The van der Waals surface area contributed by atoms with Gasteiger partial charge in [0.05, 0.1) is 5.69 Å². The summed E-state index contributed by atoms with van der Waals surface area (Å²) < 4.78 is 0.746. The maximum Gasteiger partial charge on any atom is 0.227 e. The summed E-state index contributed by atoms with van der Waals surface area (Å²) in [6, 6.07) is 3.77. The zero-order valence-electron chi connectivity index (χ0n) is 7.74. The molecule has 14 heavy (non-hydrogen) atoms. The molecule has 2 heterocycles. The van der Waals surface area contributed by atoms with E-state index in [1.807, 2.05) is 12.1 Å². The molecule has 3 nitrogen and oxygen atoms in total. The summed E-state index contributed by atoms with van der Waals surface area (Å²) >= 11 is 3.35. The van der Waals surface area contributed by atoms with E-state index in [0.717, 1.165) is 29.7 Å². The number of hydrogen-bond donors (Lipinski definition) is 0. The number of carbonyl (C=O) groups is 1. The summed E-state index contributed by atoms with van der Waals surface area (Å²) in [6.45, 7) is 0.809. The largest absolute Gasteiger partial charge is 0.310 e. The molecule has 1 aromatic heterocycles. The van der Waals surface area contributed by atoms with Gasteiger partial charge in [0.15, 0.2) is 0 Å². The topological polar surface area (TPSA) is 33.2 Å². The van der Waals surface area contributed by atoms with E-state index in [0.29, 0.717) is 6.42 Å². The van der Waals surface area contributed by atoms with Gasteiger partial charge in [-0.2, -0.15) is 0 Å². The Morgan fingerprint density at radius 1 is 1.43 bits per heavy atom. The van der Waals surface area contributed by atoms with Gasteiger partial charge >= 0.3 is 0 Å². The Bertz CT molecular complexity index is 354. The number of halogens is 1. The highest BCUT2D eigenvalue weighted by Crippen LogP contribution is 2.26. The predicted octanol–water partition coefficient (Wildman–Crippen LogP) is 2.36. The molecule has 0 unspecified atom stereocenters. The third-order valence-corrected chi connectivity index (χ3v) is 2.96. The maximum atomic E-state index is 11.6. The van der Waals surface area contributed by atoms with Crippen LogP contribution in [0.25, 0.3) is 0 Å². The van der Waals surface area contributed by atoms with Crippen molar-refractivity contribution in [2.75, 3.05) is 11.4 Å². The van der Waals surface area contributed by atoms with Gasteiger partial charge < -0.3 is 4.90 Å². The zero-order valence-corrected chi connectivity index (χ0v) is 9.33. The van der Waals surface area contributed by atoms with Crippen molar-refractivity contribution in [3.63, 3.8) is 0 Å². The van der Waals surface area contributed by atoms with Crippen molar-refractivity contribution in [2.45, 2.75) is 19.3 Å². The molecule has 0 atom stereocenters. The lowest BCUT2D eigenvalue weighted by molar-refractivity contribution is -0.119. The van der Waals surface area contributed by atoms with Crippen LogP contribution in [0.5, 0.6) is 0 Å². The fourth-order valence-electron chi connectivity index (χ4n) is 1.64. The van der Waals surface area contributed by atoms with Crippen LogP contribution in [-0.2, 0) is 4.79 Å². The van der Waals surface area contributed by atoms with E-state index in [4.69, 9.17) is 0 Å². The Morgan fingerprint density at radius 3 is 3.00 bits per heavy atom. The van der Waals surface area contributed by atoms with E-state index in [-0.39, 0.29) is 5.91 Å². The lowest BCUT2D eigenvalue weighted by Gasteiger charge is -2.27. The molecule has 0 spiro atoms. The molecule has 1 aliphatic heterocycles. The Labute approximate surface area is 91.3 Å². The number of aromatic nitrogens is 1. The monoisotopic (exact) mass is 254 g/mol. The molecule has 0 saturated carbocycles. The third kappa shape index (κ3) is 1.80. The lowest BCUT2D eigenvalue weighted by Crippen LogP contribution is -2.35. The molecule has 1 fully saturated rings. The number of rotatable bonds is 1. The van der Waals surface area contributed by atoms with Crippen LogP contribution < -0.4 is 4.90 Å². The number of pyridine rings is 1. The molecular formula is C10H11BrN2O. The molecule has 0 aromatic carbocycles. The summed E-state index contributed by atoms with van der Waals surface area (Å²) in [7, 11) is 0. The number of anilines is 1. The van der Waals surface area contributed by atoms with Crippen LogP contribution in [0.1, 0.15) is 19.3 Å². The molecule has 0 bridgehead atoms. The summed E-state index contributed by atoms with van der Waals surface area (Å²) in [5.41, 5.74) is 0.886. The lowest BCUT2D eigenvalue weighted by atomic mass is 10.1. The summed E-state index contributed by atoms with van der Waals surface area (Å²) in [4.78, 5) is 17.5. The van der Waals surface area contributed by atoms with Crippen molar-refractivity contribution < 1.29 is 4.79 Å². The van der Waals surface area contributed by atoms with Crippen LogP contribution >= 0.6 is 15.9 Å². The summed E-state index contributed by atoms with van der Waals surface area (Å²) in [5, 5.41) is 0. The van der Waals surface area contributed by atoms with E-state index >= 15 is 0 Å². The Morgan fingerprint density at radius 2 is 2.29 bits per heavy atom. The minimum absolute atomic E-state index is 0.199. The summed E-state index contributed by atoms with van der Waals surface area (Å²) in [6.07, 6.45) is 4.45.